The van der Waals surface area contributed by atoms with Crippen LogP contribution in [0, 0.1) is 5.92 Å². The fraction of sp³-hybridized carbons (Fsp3) is 0.600. The summed E-state index contributed by atoms with van der Waals surface area (Å²) in [5, 5.41) is 0. The monoisotopic (exact) mass is 357 g/mol. The lowest BCUT2D eigenvalue weighted by Crippen LogP contribution is -2.50. The summed E-state index contributed by atoms with van der Waals surface area (Å²) < 4.78 is 5.34. The van der Waals surface area contributed by atoms with Crippen LogP contribution >= 0.6 is 0 Å². The number of rotatable bonds is 3. The van der Waals surface area contributed by atoms with Gasteiger partial charge in [-0.3, -0.25) is 14.5 Å². The van der Waals surface area contributed by atoms with Gasteiger partial charge in [0, 0.05) is 31.9 Å². The predicted molar refractivity (Wildman–Crippen MR) is 99.1 cm³/mol. The summed E-state index contributed by atoms with van der Waals surface area (Å²) in [5.74, 6) is 0.395. The van der Waals surface area contributed by atoms with Crippen LogP contribution in [0.2, 0.25) is 0 Å². The molecule has 0 aliphatic carbocycles. The third kappa shape index (κ3) is 3.62. The number of para-hydroxylation sites is 1. The van der Waals surface area contributed by atoms with Gasteiger partial charge in [0.1, 0.15) is 0 Å². The van der Waals surface area contributed by atoms with Crippen molar-refractivity contribution in [2.45, 2.75) is 19.3 Å². The molecule has 1 unspecified atom stereocenters. The number of anilines is 1. The normalized spacial score (nSPS) is 23.8. The first kappa shape index (κ1) is 17.5. The highest BCUT2D eigenvalue weighted by Crippen LogP contribution is 2.28. The molecule has 0 spiro atoms. The highest BCUT2D eigenvalue weighted by atomic mass is 16.5. The van der Waals surface area contributed by atoms with Crippen LogP contribution in [-0.4, -0.2) is 74.1 Å². The average molecular weight is 357 g/mol. The van der Waals surface area contributed by atoms with Gasteiger partial charge < -0.3 is 14.5 Å². The molecule has 3 aliphatic heterocycles. The predicted octanol–water partition coefficient (Wildman–Crippen LogP) is 1.15. The molecule has 1 aromatic carbocycles. The SMILES string of the molecule is O=C(C1CCCN(CC(=O)N2CCc3ccccc32)C1)N1CCOCC1. The van der Waals surface area contributed by atoms with Gasteiger partial charge in [0.2, 0.25) is 11.8 Å². The van der Waals surface area contributed by atoms with Crippen molar-refractivity contribution in [2.75, 3.05) is 57.4 Å². The molecule has 0 N–H and O–H groups in total. The van der Waals surface area contributed by atoms with E-state index in [4.69, 9.17) is 4.74 Å². The largest absolute Gasteiger partial charge is 0.378 e. The number of amides is 2. The molecular formula is C20H27N3O3. The van der Waals surface area contributed by atoms with Crippen LogP contribution in [0.1, 0.15) is 18.4 Å². The molecule has 6 heteroatoms. The van der Waals surface area contributed by atoms with E-state index in [0.717, 1.165) is 38.0 Å². The maximum Gasteiger partial charge on any atom is 0.241 e. The van der Waals surface area contributed by atoms with Crippen molar-refractivity contribution in [2.24, 2.45) is 5.92 Å². The first-order chi connectivity index (χ1) is 12.7. The Bertz CT molecular complexity index is 672. The molecule has 140 valence electrons. The molecule has 0 bridgehead atoms. The molecule has 26 heavy (non-hydrogen) atoms. The average Bonchev–Trinajstić information content (AvgIpc) is 3.12. The molecule has 3 aliphatic rings. The lowest BCUT2D eigenvalue weighted by molar-refractivity contribution is -0.142. The van der Waals surface area contributed by atoms with E-state index in [1.54, 1.807) is 0 Å². The zero-order valence-electron chi connectivity index (χ0n) is 15.2. The van der Waals surface area contributed by atoms with Gasteiger partial charge in [-0.1, -0.05) is 18.2 Å². The van der Waals surface area contributed by atoms with Crippen molar-refractivity contribution in [3.8, 4) is 0 Å². The molecule has 3 heterocycles. The van der Waals surface area contributed by atoms with Crippen LogP contribution in [0.25, 0.3) is 0 Å². The van der Waals surface area contributed by atoms with Crippen LogP contribution < -0.4 is 4.90 Å². The maximum absolute atomic E-state index is 12.8. The van der Waals surface area contributed by atoms with Crippen LogP contribution in [0.15, 0.2) is 24.3 Å². The molecule has 2 fully saturated rings. The first-order valence-corrected chi connectivity index (χ1v) is 9.69. The smallest absolute Gasteiger partial charge is 0.241 e. The number of hydrogen-bond acceptors (Lipinski definition) is 4. The van der Waals surface area contributed by atoms with Crippen LogP contribution in [0.4, 0.5) is 5.69 Å². The summed E-state index contributed by atoms with van der Waals surface area (Å²) in [6, 6.07) is 8.14. The van der Waals surface area contributed by atoms with E-state index >= 15 is 0 Å². The van der Waals surface area contributed by atoms with E-state index in [1.807, 2.05) is 28.0 Å². The molecule has 0 aromatic heterocycles. The maximum atomic E-state index is 12.8. The molecule has 0 radical (unpaired) electrons. The Morgan fingerprint density at radius 2 is 1.88 bits per heavy atom. The molecule has 1 aromatic rings. The number of fused-ring (bicyclic) bond motifs is 1. The third-order valence-electron chi connectivity index (χ3n) is 5.72. The number of hydrogen-bond donors (Lipinski definition) is 0. The van der Waals surface area contributed by atoms with Gasteiger partial charge in [-0.25, -0.2) is 0 Å². The van der Waals surface area contributed by atoms with Crippen LogP contribution in [0.5, 0.6) is 0 Å². The van der Waals surface area contributed by atoms with E-state index in [0.29, 0.717) is 39.4 Å². The number of piperidine rings is 1. The Morgan fingerprint density at radius 3 is 2.73 bits per heavy atom. The molecule has 2 saturated heterocycles. The van der Waals surface area contributed by atoms with E-state index in [2.05, 4.69) is 11.0 Å². The standard InChI is InChI=1S/C20H27N3O3/c24-19(23-9-7-16-4-1-2-6-18(16)23)15-21-8-3-5-17(14-21)20(25)22-10-12-26-13-11-22/h1-2,4,6,17H,3,5,7-15H2. The first-order valence-electron chi connectivity index (χ1n) is 9.69. The fourth-order valence-electron chi connectivity index (χ4n) is 4.32. The van der Waals surface area contributed by atoms with Crippen LogP contribution in [0.3, 0.4) is 0 Å². The van der Waals surface area contributed by atoms with Gasteiger partial charge in [-0.05, 0) is 37.4 Å². The minimum atomic E-state index is 0.0144. The Labute approximate surface area is 154 Å². The summed E-state index contributed by atoms with van der Waals surface area (Å²) in [6.07, 6.45) is 2.83. The summed E-state index contributed by atoms with van der Waals surface area (Å²) in [4.78, 5) is 31.6. The number of morpholine rings is 1. The van der Waals surface area contributed by atoms with Crippen LogP contribution in [-0.2, 0) is 20.7 Å². The second-order valence-corrected chi connectivity index (χ2v) is 7.44. The van der Waals surface area contributed by atoms with Crippen molar-refractivity contribution < 1.29 is 14.3 Å². The topological polar surface area (TPSA) is 53.1 Å². The fourth-order valence-corrected chi connectivity index (χ4v) is 4.32. The number of ether oxygens (including phenoxy) is 1. The van der Waals surface area contributed by atoms with E-state index < -0.39 is 0 Å². The molecular weight excluding hydrogens is 330 g/mol. The Hall–Kier alpha value is -1.92. The quantitative estimate of drug-likeness (QED) is 0.814. The summed E-state index contributed by atoms with van der Waals surface area (Å²) in [5.41, 5.74) is 2.30. The molecule has 4 rings (SSSR count). The highest BCUT2D eigenvalue weighted by Gasteiger charge is 2.32. The lowest BCUT2D eigenvalue weighted by atomic mass is 9.96. The zero-order valence-corrected chi connectivity index (χ0v) is 15.2. The third-order valence-corrected chi connectivity index (χ3v) is 5.72. The van der Waals surface area contributed by atoms with Gasteiger partial charge >= 0.3 is 0 Å². The van der Waals surface area contributed by atoms with Gasteiger partial charge in [-0.15, -0.1) is 0 Å². The number of nitrogens with zero attached hydrogens (tertiary/aromatic N) is 3. The van der Waals surface area contributed by atoms with E-state index in [-0.39, 0.29) is 17.7 Å². The van der Waals surface area contributed by atoms with Gasteiger partial charge in [-0.2, -0.15) is 0 Å². The second-order valence-electron chi connectivity index (χ2n) is 7.44. The Morgan fingerprint density at radius 1 is 1.08 bits per heavy atom. The number of carbonyl (C=O) groups is 2. The minimum Gasteiger partial charge on any atom is -0.378 e. The van der Waals surface area contributed by atoms with Gasteiger partial charge in [0.15, 0.2) is 0 Å². The summed E-state index contributed by atoms with van der Waals surface area (Å²) in [7, 11) is 0. The van der Waals surface area contributed by atoms with Gasteiger partial charge in [0.05, 0.1) is 25.7 Å². The van der Waals surface area contributed by atoms with Crippen molar-refractivity contribution in [3.05, 3.63) is 29.8 Å². The number of benzene rings is 1. The Kier molecular flexibility index (Phi) is 5.22. The Balaban J connectivity index is 1.35. The molecule has 0 saturated carbocycles. The molecule has 1 atom stereocenters. The summed E-state index contributed by atoms with van der Waals surface area (Å²) >= 11 is 0. The second kappa shape index (κ2) is 7.76. The lowest BCUT2D eigenvalue weighted by Gasteiger charge is -2.36. The zero-order chi connectivity index (χ0) is 17.9. The van der Waals surface area contributed by atoms with Crippen molar-refractivity contribution in [1.29, 1.82) is 0 Å². The van der Waals surface area contributed by atoms with Crippen molar-refractivity contribution in [1.82, 2.24) is 9.80 Å². The van der Waals surface area contributed by atoms with Crippen molar-refractivity contribution in [3.63, 3.8) is 0 Å². The number of carbonyl (C=O) groups excluding carboxylic acids is 2. The highest BCUT2D eigenvalue weighted by molar-refractivity contribution is 5.96. The number of likely N-dealkylation sites (tertiary alicyclic amines) is 1. The van der Waals surface area contributed by atoms with Crippen molar-refractivity contribution >= 4 is 17.5 Å². The van der Waals surface area contributed by atoms with E-state index in [9.17, 15) is 9.59 Å². The van der Waals surface area contributed by atoms with E-state index in [1.165, 1.54) is 5.56 Å². The molecule has 2 amide bonds. The van der Waals surface area contributed by atoms with Gasteiger partial charge in [0.25, 0.3) is 0 Å². The minimum absolute atomic E-state index is 0.0144. The molecule has 6 nitrogen and oxygen atoms in total. The summed E-state index contributed by atoms with van der Waals surface area (Å²) in [6.45, 7) is 5.41.